The van der Waals surface area contributed by atoms with E-state index in [9.17, 15) is 0 Å². The van der Waals surface area contributed by atoms with E-state index in [-0.39, 0.29) is 0 Å². The molecule has 2 aromatic rings. The van der Waals surface area contributed by atoms with E-state index in [2.05, 4.69) is 36.4 Å². The van der Waals surface area contributed by atoms with Crippen molar-refractivity contribution in [3.63, 3.8) is 0 Å². The Bertz CT molecular complexity index is 579. The molecule has 0 fully saturated rings. The Hall–Kier alpha value is -1.56. The van der Waals surface area contributed by atoms with Gasteiger partial charge in [-0.25, -0.2) is 0 Å². The molecule has 0 aliphatic heterocycles. The summed E-state index contributed by atoms with van der Waals surface area (Å²) in [6.07, 6.45) is 10.5. The second kappa shape index (κ2) is 16.4. The van der Waals surface area contributed by atoms with E-state index in [4.69, 9.17) is 0 Å². The van der Waals surface area contributed by atoms with Crippen LogP contribution >= 0.6 is 0 Å². The number of benzene rings is 2. The normalized spacial score (nSPS) is 13.3. The second-order valence-electron chi connectivity index (χ2n) is 6.30. The van der Waals surface area contributed by atoms with Gasteiger partial charge in [0.1, 0.15) is 0 Å². The Morgan fingerprint density at radius 2 is 0.750 bits per heavy atom. The molecule has 4 rings (SSSR count). The second-order valence-corrected chi connectivity index (χ2v) is 6.30. The SMILES string of the molecule is CC.CC.CC.CC.c1cc2c(c(-c3cccc4c3CCCC4)c1)CCCC2. The molecule has 0 spiro atoms. The highest BCUT2D eigenvalue weighted by Crippen LogP contribution is 2.36. The van der Waals surface area contributed by atoms with E-state index in [1.807, 2.05) is 55.4 Å². The van der Waals surface area contributed by atoms with E-state index < -0.39 is 0 Å². The third-order valence-electron chi connectivity index (χ3n) is 5.08. The lowest BCUT2D eigenvalue weighted by atomic mass is 9.81. The maximum Gasteiger partial charge on any atom is -0.0146 e. The van der Waals surface area contributed by atoms with Crippen molar-refractivity contribution >= 4 is 0 Å². The fourth-order valence-electron chi connectivity index (χ4n) is 4.07. The molecule has 0 unspecified atom stereocenters. The van der Waals surface area contributed by atoms with Gasteiger partial charge in [-0.05, 0) is 84.7 Å². The number of hydrogen-bond donors (Lipinski definition) is 0. The number of aryl methyl sites for hydroxylation is 2. The average Bonchev–Trinajstić information content (AvgIpc) is 2.83. The molecule has 158 valence electrons. The number of rotatable bonds is 1. The number of fused-ring (bicyclic) bond motifs is 2. The molecule has 0 atom stereocenters. The van der Waals surface area contributed by atoms with Crippen LogP contribution in [0.4, 0.5) is 0 Å². The lowest BCUT2D eigenvalue weighted by molar-refractivity contribution is 0.681. The van der Waals surface area contributed by atoms with Crippen molar-refractivity contribution in [1.29, 1.82) is 0 Å². The van der Waals surface area contributed by atoms with E-state index in [1.54, 1.807) is 22.3 Å². The van der Waals surface area contributed by atoms with Crippen LogP contribution < -0.4 is 0 Å². The first kappa shape index (κ1) is 26.4. The fraction of sp³-hybridized carbons (Fsp3) is 0.571. The highest BCUT2D eigenvalue weighted by molar-refractivity contribution is 5.73. The Morgan fingerprint density at radius 3 is 1.11 bits per heavy atom. The fourth-order valence-corrected chi connectivity index (χ4v) is 4.07. The minimum Gasteiger partial charge on any atom is -0.0683 e. The van der Waals surface area contributed by atoms with Gasteiger partial charge in [-0.15, -0.1) is 0 Å². The topological polar surface area (TPSA) is 0 Å². The van der Waals surface area contributed by atoms with Gasteiger partial charge < -0.3 is 0 Å². The van der Waals surface area contributed by atoms with E-state index in [1.165, 1.54) is 62.5 Å². The zero-order valence-corrected chi connectivity index (χ0v) is 20.1. The van der Waals surface area contributed by atoms with Gasteiger partial charge in [-0.1, -0.05) is 91.8 Å². The van der Waals surface area contributed by atoms with Crippen molar-refractivity contribution in [2.45, 2.75) is 107 Å². The lowest BCUT2D eigenvalue weighted by Gasteiger charge is -2.24. The maximum absolute atomic E-state index is 2.36. The zero-order chi connectivity index (χ0) is 21.4. The summed E-state index contributed by atoms with van der Waals surface area (Å²) in [7, 11) is 0. The summed E-state index contributed by atoms with van der Waals surface area (Å²) < 4.78 is 0. The summed E-state index contributed by atoms with van der Waals surface area (Å²) in [5.41, 5.74) is 9.53. The molecule has 0 heteroatoms. The third-order valence-corrected chi connectivity index (χ3v) is 5.08. The lowest BCUT2D eigenvalue weighted by Crippen LogP contribution is -2.08. The third kappa shape index (κ3) is 6.80. The summed E-state index contributed by atoms with van der Waals surface area (Å²) in [6.45, 7) is 16.0. The monoisotopic (exact) mass is 382 g/mol. The summed E-state index contributed by atoms with van der Waals surface area (Å²) in [5, 5.41) is 0. The van der Waals surface area contributed by atoms with Crippen LogP contribution in [0.3, 0.4) is 0 Å². The average molecular weight is 383 g/mol. The maximum atomic E-state index is 2.36. The van der Waals surface area contributed by atoms with Crippen molar-refractivity contribution in [3.8, 4) is 11.1 Å². The molecule has 0 amide bonds. The molecule has 0 radical (unpaired) electrons. The van der Waals surface area contributed by atoms with Crippen molar-refractivity contribution in [2.75, 3.05) is 0 Å². The van der Waals surface area contributed by atoms with Crippen LogP contribution in [0.2, 0.25) is 0 Å². The molecule has 0 saturated carbocycles. The summed E-state index contributed by atoms with van der Waals surface area (Å²) in [4.78, 5) is 0. The van der Waals surface area contributed by atoms with E-state index in [0.29, 0.717) is 0 Å². The van der Waals surface area contributed by atoms with Crippen molar-refractivity contribution < 1.29 is 0 Å². The Labute approximate surface area is 176 Å². The zero-order valence-electron chi connectivity index (χ0n) is 20.1. The minimum atomic E-state index is 1.27. The van der Waals surface area contributed by atoms with Crippen LogP contribution in [-0.4, -0.2) is 0 Å². The molecular weight excluding hydrogens is 336 g/mol. The first-order valence-corrected chi connectivity index (χ1v) is 12.2. The highest BCUT2D eigenvalue weighted by atomic mass is 14.2. The van der Waals surface area contributed by atoms with Gasteiger partial charge in [0.05, 0.1) is 0 Å². The molecule has 2 aromatic carbocycles. The Kier molecular flexibility index (Phi) is 15.5. The van der Waals surface area contributed by atoms with Gasteiger partial charge in [-0.2, -0.15) is 0 Å². The first-order valence-electron chi connectivity index (χ1n) is 12.2. The first-order chi connectivity index (χ1) is 13.9. The quantitative estimate of drug-likeness (QED) is 0.461. The molecule has 0 heterocycles. The highest BCUT2D eigenvalue weighted by Gasteiger charge is 2.18. The van der Waals surface area contributed by atoms with Gasteiger partial charge in [0.15, 0.2) is 0 Å². The van der Waals surface area contributed by atoms with Crippen LogP contribution in [0.1, 0.15) is 103 Å². The van der Waals surface area contributed by atoms with Gasteiger partial charge in [0.25, 0.3) is 0 Å². The summed E-state index contributed by atoms with van der Waals surface area (Å²) >= 11 is 0. The number of hydrogen-bond acceptors (Lipinski definition) is 0. The smallest absolute Gasteiger partial charge is 0.0146 e. The molecule has 28 heavy (non-hydrogen) atoms. The molecule has 2 aliphatic rings. The molecule has 0 saturated heterocycles. The summed E-state index contributed by atoms with van der Waals surface area (Å²) in [5.74, 6) is 0. The van der Waals surface area contributed by atoms with Crippen LogP contribution in [0, 0.1) is 0 Å². The van der Waals surface area contributed by atoms with Gasteiger partial charge in [0.2, 0.25) is 0 Å². The van der Waals surface area contributed by atoms with Crippen LogP contribution in [0.25, 0.3) is 11.1 Å². The minimum absolute atomic E-state index is 1.27. The Balaban J connectivity index is 0.000000818. The largest absolute Gasteiger partial charge is 0.0683 e. The van der Waals surface area contributed by atoms with Gasteiger partial charge >= 0.3 is 0 Å². The molecular formula is C28H46. The predicted octanol–water partition coefficient (Wildman–Crippen LogP) is 9.22. The van der Waals surface area contributed by atoms with Crippen LogP contribution in [-0.2, 0) is 25.7 Å². The van der Waals surface area contributed by atoms with Gasteiger partial charge in [-0.3, -0.25) is 0 Å². The van der Waals surface area contributed by atoms with Crippen LogP contribution in [0.5, 0.6) is 0 Å². The molecule has 0 N–H and O–H groups in total. The van der Waals surface area contributed by atoms with Crippen molar-refractivity contribution in [2.24, 2.45) is 0 Å². The van der Waals surface area contributed by atoms with Crippen molar-refractivity contribution in [1.82, 2.24) is 0 Å². The summed E-state index contributed by atoms with van der Waals surface area (Å²) in [6, 6.07) is 13.9. The van der Waals surface area contributed by atoms with E-state index in [0.717, 1.165) is 0 Å². The van der Waals surface area contributed by atoms with Crippen molar-refractivity contribution in [3.05, 3.63) is 58.7 Å². The van der Waals surface area contributed by atoms with Gasteiger partial charge in [0, 0.05) is 0 Å². The standard InChI is InChI=1S/C20H22.4C2H6/c1-3-11-17-15(7-1)9-5-13-19(17)20-14-6-10-16-8-2-4-12-18(16)20;4*1-2/h5-6,9-10,13-14H,1-4,7-8,11-12H2;4*1-2H3. The predicted molar refractivity (Wildman–Crippen MR) is 131 cm³/mol. The molecule has 0 nitrogen and oxygen atoms in total. The molecule has 2 aliphatic carbocycles. The van der Waals surface area contributed by atoms with E-state index >= 15 is 0 Å². The van der Waals surface area contributed by atoms with Crippen LogP contribution in [0.15, 0.2) is 36.4 Å². The Morgan fingerprint density at radius 1 is 0.429 bits per heavy atom. The molecule has 0 bridgehead atoms. The molecule has 0 aromatic heterocycles.